The van der Waals surface area contributed by atoms with Crippen molar-refractivity contribution in [1.82, 2.24) is 4.31 Å². The van der Waals surface area contributed by atoms with Crippen LogP contribution in [0.3, 0.4) is 0 Å². The third-order valence-corrected chi connectivity index (χ3v) is 5.19. The fraction of sp³-hybridized carbons (Fsp3) is 0.304. The van der Waals surface area contributed by atoms with E-state index in [0.717, 1.165) is 31.5 Å². The molecule has 0 atom stereocenters. The van der Waals surface area contributed by atoms with Crippen LogP contribution in [0.25, 0.3) is 11.1 Å². The molecule has 0 saturated heterocycles. The zero-order chi connectivity index (χ0) is 20.9. The van der Waals surface area contributed by atoms with Gasteiger partial charge in [-0.05, 0) is 53.6 Å². The lowest BCUT2D eigenvalue weighted by molar-refractivity contribution is 0.501. The van der Waals surface area contributed by atoms with Gasteiger partial charge in [0.05, 0.1) is 0 Å². The van der Waals surface area contributed by atoms with E-state index in [-0.39, 0.29) is 0 Å². The molecule has 0 aliphatic carbocycles. The Balaban J connectivity index is 0.00000190. The van der Waals surface area contributed by atoms with Crippen molar-refractivity contribution >= 4 is 11.9 Å². The first-order valence-electron chi connectivity index (χ1n) is 9.57. The van der Waals surface area contributed by atoms with Gasteiger partial charge in [0.15, 0.2) is 0 Å². The normalized spacial score (nSPS) is 10.3. The number of aryl methyl sites for hydroxylation is 1. The van der Waals surface area contributed by atoms with Gasteiger partial charge in [0.2, 0.25) is 0 Å². The van der Waals surface area contributed by atoms with Crippen LogP contribution in [0.4, 0.5) is 0 Å². The van der Waals surface area contributed by atoms with Crippen molar-refractivity contribution in [2.45, 2.75) is 38.0 Å². The average molecular weight is 399 g/mol. The standard InChI is InChI=1S/C23H30N2S.H4N2/c1-5-15-25(17-18(3)16-19(4)24)26-23-13-11-22(12-14-23)21-9-7-20(6-2)8-10-21;1-2/h7-14H,3-6,15-17,24H2,1-2H3;1-2H2. The Morgan fingerprint density at radius 2 is 1.46 bits per heavy atom. The second kappa shape index (κ2) is 13.2. The lowest BCUT2D eigenvalue weighted by atomic mass is 10.0. The minimum absolute atomic E-state index is 0.676. The van der Waals surface area contributed by atoms with Crippen molar-refractivity contribution in [3.05, 3.63) is 78.5 Å². The molecule has 0 unspecified atom stereocenters. The monoisotopic (exact) mass is 398 g/mol. The van der Waals surface area contributed by atoms with Crippen molar-refractivity contribution in [3.63, 3.8) is 0 Å². The van der Waals surface area contributed by atoms with E-state index in [0.29, 0.717) is 12.1 Å². The fourth-order valence-electron chi connectivity index (χ4n) is 2.82. The number of allylic oxidation sites excluding steroid dienone is 1. The van der Waals surface area contributed by atoms with Gasteiger partial charge < -0.3 is 5.73 Å². The molecule has 28 heavy (non-hydrogen) atoms. The first-order chi connectivity index (χ1) is 13.5. The largest absolute Gasteiger partial charge is 0.402 e. The fourth-order valence-corrected chi connectivity index (χ4v) is 3.90. The molecule has 0 saturated carbocycles. The zero-order valence-corrected chi connectivity index (χ0v) is 18.0. The number of benzene rings is 2. The summed E-state index contributed by atoms with van der Waals surface area (Å²) in [5, 5.41) is 0. The summed E-state index contributed by atoms with van der Waals surface area (Å²) in [6, 6.07) is 17.6. The predicted octanol–water partition coefficient (Wildman–Crippen LogP) is 4.87. The van der Waals surface area contributed by atoms with E-state index in [2.05, 4.69) is 91.5 Å². The molecule has 0 amide bonds. The van der Waals surface area contributed by atoms with Crippen LogP contribution in [0, 0.1) is 0 Å². The maximum atomic E-state index is 5.71. The predicted molar refractivity (Wildman–Crippen MR) is 124 cm³/mol. The maximum absolute atomic E-state index is 5.71. The molecular weight excluding hydrogens is 364 g/mol. The quantitative estimate of drug-likeness (QED) is 0.230. The molecule has 6 N–H and O–H groups in total. The van der Waals surface area contributed by atoms with Crippen LogP contribution in [0.1, 0.15) is 32.3 Å². The SMILES string of the molecule is C=C(N)CC(=C)CN(CCC)Sc1ccc(-c2ccc(CC)cc2)cc1.NN. The highest BCUT2D eigenvalue weighted by Gasteiger charge is 2.09. The second-order valence-electron chi connectivity index (χ2n) is 6.61. The molecule has 2 aromatic rings. The van der Waals surface area contributed by atoms with Crippen LogP contribution in [-0.2, 0) is 6.42 Å². The summed E-state index contributed by atoms with van der Waals surface area (Å²) in [7, 11) is 0. The van der Waals surface area contributed by atoms with Gasteiger partial charge in [-0.2, -0.15) is 0 Å². The molecule has 2 rings (SSSR count). The summed E-state index contributed by atoms with van der Waals surface area (Å²) in [5.41, 5.74) is 11.4. The third kappa shape index (κ3) is 8.31. The first kappa shape index (κ1) is 24.0. The molecule has 0 aliphatic rings. The average Bonchev–Trinajstić information content (AvgIpc) is 2.70. The van der Waals surface area contributed by atoms with E-state index in [1.54, 1.807) is 11.9 Å². The van der Waals surface area contributed by atoms with Crippen molar-refractivity contribution in [1.29, 1.82) is 0 Å². The van der Waals surface area contributed by atoms with Crippen molar-refractivity contribution in [2.75, 3.05) is 13.1 Å². The molecule has 4 nitrogen and oxygen atoms in total. The Bertz CT molecular complexity index is 723. The van der Waals surface area contributed by atoms with Crippen LogP contribution < -0.4 is 17.4 Å². The summed E-state index contributed by atoms with van der Waals surface area (Å²) in [4.78, 5) is 1.24. The molecule has 0 aliphatic heterocycles. The van der Waals surface area contributed by atoms with E-state index in [1.165, 1.54) is 21.6 Å². The van der Waals surface area contributed by atoms with E-state index in [1.807, 2.05) is 0 Å². The number of hydrogen-bond donors (Lipinski definition) is 3. The minimum atomic E-state index is 0.676. The van der Waals surface area contributed by atoms with Crippen LogP contribution in [0.2, 0.25) is 0 Å². The molecule has 0 aromatic heterocycles. The molecule has 2 aromatic carbocycles. The topological polar surface area (TPSA) is 81.3 Å². The van der Waals surface area contributed by atoms with Gasteiger partial charge in [-0.15, -0.1) is 0 Å². The Kier molecular flexibility index (Phi) is 11.3. The van der Waals surface area contributed by atoms with E-state index >= 15 is 0 Å². The molecule has 0 fully saturated rings. The smallest absolute Gasteiger partial charge is 0.0304 e. The summed E-state index contributed by atoms with van der Waals surface area (Å²) in [5.74, 6) is 8.00. The summed E-state index contributed by atoms with van der Waals surface area (Å²) < 4.78 is 2.34. The molecule has 152 valence electrons. The van der Waals surface area contributed by atoms with Crippen molar-refractivity contribution in [2.24, 2.45) is 17.4 Å². The number of hydrogen-bond acceptors (Lipinski definition) is 5. The number of nitrogens with two attached hydrogens (primary N) is 3. The first-order valence-corrected chi connectivity index (χ1v) is 10.3. The summed E-state index contributed by atoms with van der Waals surface area (Å²) >= 11 is 1.78. The molecular formula is C23H34N4S. The molecule has 0 spiro atoms. The maximum Gasteiger partial charge on any atom is 0.0304 e. The molecule has 0 radical (unpaired) electrons. The highest BCUT2D eigenvalue weighted by molar-refractivity contribution is 7.97. The van der Waals surface area contributed by atoms with Gasteiger partial charge in [0.1, 0.15) is 0 Å². The number of rotatable bonds is 10. The highest BCUT2D eigenvalue weighted by Crippen LogP contribution is 2.28. The minimum Gasteiger partial charge on any atom is -0.402 e. The van der Waals surface area contributed by atoms with Crippen LogP contribution in [0.5, 0.6) is 0 Å². The van der Waals surface area contributed by atoms with Crippen LogP contribution in [0.15, 0.2) is 77.9 Å². The molecule has 0 bridgehead atoms. The summed E-state index contributed by atoms with van der Waals surface area (Å²) in [6.07, 6.45) is 2.87. The van der Waals surface area contributed by atoms with Crippen molar-refractivity contribution < 1.29 is 0 Å². The van der Waals surface area contributed by atoms with Crippen molar-refractivity contribution in [3.8, 4) is 11.1 Å². The van der Waals surface area contributed by atoms with Crippen LogP contribution >= 0.6 is 11.9 Å². The molecule has 5 heteroatoms. The number of nitrogens with zero attached hydrogens (tertiary/aromatic N) is 1. The lowest BCUT2D eigenvalue weighted by Gasteiger charge is -2.21. The Hall–Kier alpha value is -2.05. The van der Waals surface area contributed by atoms with Gasteiger partial charge >= 0.3 is 0 Å². The van der Waals surface area contributed by atoms with Gasteiger partial charge in [-0.3, -0.25) is 11.7 Å². The Labute approximate surface area is 174 Å². The van der Waals surface area contributed by atoms with E-state index < -0.39 is 0 Å². The van der Waals surface area contributed by atoms with Gasteiger partial charge in [0, 0.05) is 30.1 Å². The number of hydrazine groups is 1. The van der Waals surface area contributed by atoms with E-state index in [9.17, 15) is 0 Å². The lowest BCUT2D eigenvalue weighted by Crippen LogP contribution is -2.20. The Morgan fingerprint density at radius 1 is 0.929 bits per heavy atom. The third-order valence-electron chi connectivity index (χ3n) is 4.13. The second-order valence-corrected chi connectivity index (χ2v) is 7.79. The van der Waals surface area contributed by atoms with Gasteiger partial charge in [-0.1, -0.05) is 69.0 Å². The van der Waals surface area contributed by atoms with E-state index in [4.69, 9.17) is 5.73 Å². The zero-order valence-electron chi connectivity index (χ0n) is 17.2. The highest BCUT2D eigenvalue weighted by atomic mass is 32.2. The molecule has 0 heterocycles. The van der Waals surface area contributed by atoms with Gasteiger partial charge in [0.25, 0.3) is 0 Å². The Morgan fingerprint density at radius 3 is 1.93 bits per heavy atom. The van der Waals surface area contributed by atoms with Gasteiger partial charge in [-0.25, -0.2) is 4.31 Å². The van der Waals surface area contributed by atoms with Crippen LogP contribution in [-0.4, -0.2) is 17.4 Å². The summed E-state index contributed by atoms with van der Waals surface area (Å²) in [6.45, 7) is 14.1.